The molecule has 2 N–H and O–H groups in total. The van der Waals surface area contributed by atoms with Crippen LogP contribution in [0.1, 0.15) is 25.3 Å². The number of fused-ring (bicyclic) bond motifs is 2. The lowest BCUT2D eigenvalue weighted by Gasteiger charge is -2.45. The number of para-hydroxylation sites is 1. The Morgan fingerprint density at radius 3 is 2.68 bits per heavy atom. The van der Waals surface area contributed by atoms with Crippen molar-refractivity contribution < 1.29 is 14.6 Å². The van der Waals surface area contributed by atoms with Crippen molar-refractivity contribution in [1.29, 1.82) is 0 Å². The third-order valence-electron chi connectivity index (χ3n) is 3.97. The molecule has 104 valence electrons. The zero-order chi connectivity index (χ0) is 13.3. The summed E-state index contributed by atoms with van der Waals surface area (Å²) >= 11 is 0. The van der Waals surface area contributed by atoms with Gasteiger partial charge in [0, 0.05) is 17.6 Å². The first-order chi connectivity index (χ1) is 9.21. The van der Waals surface area contributed by atoms with Gasteiger partial charge < -0.3 is 19.9 Å². The average Bonchev–Trinajstić information content (AvgIpc) is 2.39. The zero-order valence-electron chi connectivity index (χ0n) is 11.3. The van der Waals surface area contributed by atoms with Crippen LogP contribution in [-0.2, 0) is 10.3 Å². The van der Waals surface area contributed by atoms with Crippen molar-refractivity contribution in [1.82, 2.24) is 5.32 Å². The van der Waals surface area contributed by atoms with E-state index < -0.39 is 5.60 Å². The fraction of sp³-hybridized carbons (Fsp3) is 0.600. The van der Waals surface area contributed by atoms with E-state index in [0.717, 1.165) is 11.3 Å². The summed E-state index contributed by atoms with van der Waals surface area (Å²) < 4.78 is 11.2. The molecule has 1 aromatic rings. The smallest absolute Gasteiger partial charge is 0.125 e. The quantitative estimate of drug-likeness (QED) is 0.866. The summed E-state index contributed by atoms with van der Waals surface area (Å²) in [5, 5.41) is 14.6. The van der Waals surface area contributed by atoms with Crippen LogP contribution in [0.15, 0.2) is 24.3 Å². The van der Waals surface area contributed by atoms with Crippen molar-refractivity contribution in [2.24, 2.45) is 0 Å². The standard InChI is InChI=1S/C15H21NO3/c1-2-19-14-6-4-3-5-13(14)15(17)7-11-9-18-10-12(8-15)16-11/h3-6,11-12,16-17H,2,7-10H2,1H3. The Bertz CT molecular complexity index is 437. The van der Waals surface area contributed by atoms with Gasteiger partial charge in [0.2, 0.25) is 0 Å². The Hall–Kier alpha value is -1.10. The maximum absolute atomic E-state index is 11.1. The predicted octanol–water partition coefficient (Wildman–Crippen LogP) is 1.42. The summed E-state index contributed by atoms with van der Waals surface area (Å²) in [4.78, 5) is 0. The second-order valence-electron chi connectivity index (χ2n) is 5.47. The molecule has 4 nitrogen and oxygen atoms in total. The number of nitrogens with one attached hydrogen (secondary N) is 1. The first kappa shape index (κ1) is 12.9. The molecule has 2 bridgehead atoms. The summed E-state index contributed by atoms with van der Waals surface area (Å²) in [6.45, 7) is 3.93. The fourth-order valence-corrected chi connectivity index (χ4v) is 3.27. The van der Waals surface area contributed by atoms with E-state index in [9.17, 15) is 5.11 Å². The minimum Gasteiger partial charge on any atom is -0.493 e. The average molecular weight is 263 g/mol. The van der Waals surface area contributed by atoms with Crippen LogP contribution in [-0.4, -0.2) is 37.0 Å². The second-order valence-corrected chi connectivity index (χ2v) is 5.47. The second kappa shape index (κ2) is 5.12. The lowest BCUT2D eigenvalue weighted by atomic mass is 9.78. The third-order valence-corrected chi connectivity index (χ3v) is 3.97. The lowest BCUT2D eigenvalue weighted by molar-refractivity contribution is -0.0811. The van der Waals surface area contributed by atoms with Gasteiger partial charge in [-0.05, 0) is 25.8 Å². The van der Waals surface area contributed by atoms with Crippen LogP contribution in [0.25, 0.3) is 0 Å². The van der Waals surface area contributed by atoms with Gasteiger partial charge >= 0.3 is 0 Å². The van der Waals surface area contributed by atoms with Crippen molar-refractivity contribution in [3.05, 3.63) is 29.8 Å². The van der Waals surface area contributed by atoms with Crippen LogP contribution >= 0.6 is 0 Å². The monoisotopic (exact) mass is 263 g/mol. The molecule has 3 rings (SSSR count). The van der Waals surface area contributed by atoms with E-state index in [2.05, 4.69) is 5.32 Å². The van der Waals surface area contributed by atoms with Crippen molar-refractivity contribution >= 4 is 0 Å². The van der Waals surface area contributed by atoms with Crippen LogP contribution in [0.2, 0.25) is 0 Å². The minimum atomic E-state index is -0.809. The topological polar surface area (TPSA) is 50.7 Å². The molecule has 4 heteroatoms. The zero-order valence-corrected chi connectivity index (χ0v) is 11.3. The van der Waals surface area contributed by atoms with E-state index in [-0.39, 0.29) is 12.1 Å². The number of rotatable bonds is 3. The number of benzene rings is 1. The highest BCUT2D eigenvalue weighted by molar-refractivity contribution is 5.39. The summed E-state index contributed by atoms with van der Waals surface area (Å²) in [5.41, 5.74) is 0.103. The van der Waals surface area contributed by atoms with Crippen LogP contribution in [0.5, 0.6) is 5.75 Å². The SMILES string of the molecule is CCOc1ccccc1C1(O)CC2COCC(C1)N2. The van der Waals surface area contributed by atoms with Gasteiger partial charge in [0.15, 0.2) is 0 Å². The van der Waals surface area contributed by atoms with E-state index in [1.807, 2.05) is 31.2 Å². The predicted molar refractivity (Wildman–Crippen MR) is 72.3 cm³/mol. The van der Waals surface area contributed by atoms with E-state index in [1.165, 1.54) is 0 Å². The van der Waals surface area contributed by atoms with Crippen molar-refractivity contribution in [3.63, 3.8) is 0 Å². The van der Waals surface area contributed by atoms with E-state index in [0.29, 0.717) is 32.7 Å². The number of morpholine rings is 1. The Balaban J connectivity index is 1.91. The lowest BCUT2D eigenvalue weighted by Crippen LogP contribution is -2.58. The highest BCUT2D eigenvalue weighted by atomic mass is 16.5. The Morgan fingerprint density at radius 2 is 2.00 bits per heavy atom. The van der Waals surface area contributed by atoms with Gasteiger partial charge in [-0.1, -0.05) is 18.2 Å². The molecule has 2 saturated heterocycles. The van der Waals surface area contributed by atoms with Gasteiger partial charge in [0.25, 0.3) is 0 Å². The number of hydrogen-bond acceptors (Lipinski definition) is 4. The Kier molecular flexibility index (Phi) is 3.48. The number of hydrogen-bond donors (Lipinski definition) is 2. The van der Waals surface area contributed by atoms with Crippen molar-refractivity contribution in [3.8, 4) is 5.75 Å². The van der Waals surface area contributed by atoms with Gasteiger partial charge in [-0.3, -0.25) is 0 Å². The Labute approximate surface area is 113 Å². The molecule has 2 heterocycles. The van der Waals surface area contributed by atoms with Crippen LogP contribution in [0, 0.1) is 0 Å². The molecular weight excluding hydrogens is 242 g/mol. The van der Waals surface area contributed by atoms with Gasteiger partial charge in [0.05, 0.1) is 25.4 Å². The van der Waals surface area contributed by atoms with Gasteiger partial charge in [-0.25, -0.2) is 0 Å². The summed E-state index contributed by atoms with van der Waals surface area (Å²) in [6.07, 6.45) is 1.35. The van der Waals surface area contributed by atoms with Gasteiger partial charge in [0.1, 0.15) is 5.75 Å². The molecule has 0 aliphatic carbocycles. The van der Waals surface area contributed by atoms with Crippen LogP contribution < -0.4 is 10.1 Å². The number of aliphatic hydroxyl groups is 1. The summed E-state index contributed by atoms with van der Waals surface area (Å²) in [5.74, 6) is 0.799. The summed E-state index contributed by atoms with van der Waals surface area (Å²) in [7, 11) is 0. The maximum atomic E-state index is 11.1. The normalized spacial score (nSPS) is 34.0. The first-order valence-corrected chi connectivity index (χ1v) is 7.00. The molecule has 2 aliphatic heterocycles. The molecule has 0 amide bonds. The Morgan fingerprint density at radius 1 is 1.32 bits per heavy atom. The van der Waals surface area contributed by atoms with Gasteiger partial charge in [-0.2, -0.15) is 0 Å². The number of ether oxygens (including phenoxy) is 2. The molecule has 2 aliphatic rings. The van der Waals surface area contributed by atoms with Crippen LogP contribution in [0.3, 0.4) is 0 Å². The largest absolute Gasteiger partial charge is 0.493 e. The molecular formula is C15H21NO3. The van der Waals surface area contributed by atoms with E-state index in [1.54, 1.807) is 0 Å². The van der Waals surface area contributed by atoms with Crippen molar-refractivity contribution in [2.75, 3.05) is 19.8 Å². The molecule has 19 heavy (non-hydrogen) atoms. The number of piperidine rings is 1. The molecule has 2 atom stereocenters. The minimum absolute atomic E-state index is 0.229. The van der Waals surface area contributed by atoms with E-state index in [4.69, 9.17) is 9.47 Å². The fourth-order valence-electron chi connectivity index (χ4n) is 3.27. The third kappa shape index (κ3) is 2.48. The molecule has 0 radical (unpaired) electrons. The van der Waals surface area contributed by atoms with Crippen LogP contribution in [0.4, 0.5) is 0 Å². The molecule has 0 spiro atoms. The van der Waals surface area contributed by atoms with Gasteiger partial charge in [-0.15, -0.1) is 0 Å². The highest BCUT2D eigenvalue weighted by Gasteiger charge is 2.43. The molecule has 2 fully saturated rings. The first-order valence-electron chi connectivity index (χ1n) is 7.00. The molecule has 2 unspecified atom stereocenters. The van der Waals surface area contributed by atoms with E-state index >= 15 is 0 Å². The highest BCUT2D eigenvalue weighted by Crippen LogP contribution is 2.40. The summed E-state index contributed by atoms with van der Waals surface area (Å²) in [6, 6.07) is 8.28. The molecule has 0 saturated carbocycles. The van der Waals surface area contributed by atoms with Crippen molar-refractivity contribution in [2.45, 2.75) is 37.5 Å². The molecule has 1 aromatic carbocycles. The maximum Gasteiger partial charge on any atom is 0.125 e. The molecule has 0 aromatic heterocycles.